The molecule has 1 atom stereocenters. The van der Waals surface area contributed by atoms with Gasteiger partial charge in [-0.25, -0.2) is 28.9 Å². The minimum atomic E-state index is -1.23. The summed E-state index contributed by atoms with van der Waals surface area (Å²) < 4.78 is 28.9. The van der Waals surface area contributed by atoms with Gasteiger partial charge in [0.15, 0.2) is 0 Å². The Balaban J connectivity index is 6.78. The standard InChI is InChI=1S/C79H153N7O12/c1-18-20-22-24-26-28-30-32-34-36-38-40-42-44-46-50-59-82(60-51-47-45-43-41-39-37-35-33-31-29-27-25-23-21-19-2)69(88)67(56-48-49-57-80)86(74(93)98-79(15,16)17)68(87)66-85(73(92)97-78(12,13)14)65-55-64-84(72(91)96-77(9,10)11)62-53-52-61-83(71(90)95-76(6,7)8)63-54-58-81-70(89)94-75(3,4)5/h67H,18-66,80H2,1-17H3,(H,81,89). The molecule has 0 heterocycles. The fraction of sp³-hybridized carbons (Fsp3) is 0.911. The van der Waals surface area contributed by atoms with E-state index < -0.39 is 77.0 Å². The van der Waals surface area contributed by atoms with E-state index in [-0.39, 0.29) is 44.9 Å². The van der Waals surface area contributed by atoms with Gasteiger partial charge in [-0.15, -0.1) is 0 Å². The summed E-state index contributed by atoms with van der Waals surface area (Å²) in [6, 6.07) is -1.23. The van der Waals surface area contributed by atoms with E-state index in [1.807, 2.05) is 4.90 Å². The number of nitrogens with two attached hydrogens (primary N) is 1. The highest BCUT2D eigenvalue weighted by Crippen LogP contribution is 2.24. The van der Waals surface area contributed by atoms with Crippen molar-refractivity contribution in [2.24, 2.45) is 5.73 Å². The number of hydrogen-bond donors (Lipinski definition) is 2. The summed E-state index contributed by atoms with van der Waals surface area (Å²) in [5.41, 5.74) is 1.84. The molecule has 0 bridgehead atoms. The highest BCUT2D eigenvalue weighted by atomic mass is 16.6. The molecule has 19 heteroatoms. The van der Waals surface area contributed by atoms with E-state index in [1.165, 1.54) is 159 Å². The Morgan fingerprint density at radius 1 is 0.316 bits per heavy atom. The Hall–Kier alpha value is -4.55. The van der Waals surface area contributed by atoms with Crippen molar-refractivity contribution in [1.82, 2.24) is 29.8 Å². The molecule has 0 aromatic heterocycles. The molecule has 0 aliphatic rings. The molecule has 19 nitrogen and oxygen atoms in total. The lowest BCUT2D eigenvalue weighted by Crippen LogP contribution is -2.57. The summed E-state index contributed by atoms with van der Waals surface area (Å²) in [6.07, 6.45) is 38.9. The third-order valence-electron chi connectivity index (χ3n) is 16.8. The molecule has 3 N–H and O–H groups in total. The Labute approximate surface area is 600 Å². The maximum absolute atomic E-state index is 15.5. The van der Waals surface area contributed by atoms with Crippen molar-refractivity contribution >= 4 is 42.3 Å². The van der Waals surface area contributed by atoms with Crippen LogP contribution < -0.4 is 11.1 Å². The zero-order valence-corrected chi connectivity index (χ0v) is 66.4. The van der Waals surface area contributed by atoms with Gasteiger partial charge in [-0.3, -0.25) is 14.5 Å². The number of amides is 7. The lowest BCUT2D eigenvalue weighted by molar-refractivity contribution is -0.146. The van der Waals surface area contributed by atoms with Crippen LogP contribution in [-0.4, -0.2) is 166 Å². The molecule has 7 amide bonds. The van der Waals surface area contributed by atoms with Crippen molar-refractivity contribution in [3.05, 3.63) is 0 Å². The van der Waals surface area contributed by atoms with Crippen molar-refractivity contribution in [1.29, 1.82) is 0 Å². The van der Waals surface area contributed by atoms with Gasteiger partial charge >= 0.3 is 30.5 Å². The minimum Gasteiger partial charge on any atom is -0.444 e. The summed E-state index contributed by atoms with van der Waals surface area (Å²) in [4.78, 5) is 107. The van der Waals surface area contributed by atoms with Crippen LogP contribution in [0.3, 0.4) is 0 Å². The molecule has 0 saturated heterocycles. The SMILES string of the molecule is CCCCCCCCCCCCCCCCCCN(CCCCCCCCCCCCCCCCCC)C(=O)C(CCCCN)N(C(=O)CN(CCCN(CCCCN(CCCNC(=O)OC(C)(C)C)C(=O)OC(C)(C)C)C(=O)OC(C)(C)C)C(=O)OC(C)(C)C)C(=O)OC(C)(C)C. The molecule has 0 saturated carbocycles. The predicted molar refractivity (Wildman–Crippen MR) is 402 cm³/mol. The van der Waals surface area contributed by atoms with Crippen LogP contribution in [0.15, 0.2) is 0 Å². The fourth-order valence-electron chi connectivity index (χ4n) is 11.7. The first-order valence-corrected chi connectivity index (χ1v) is 39.6. The lowest BCUT2D eigenvalue weighted by Gasteiger charge is -2.36. The monoisotopic (exact) mass is 1390 g/mol. The average Bonchev–Trinajstić information content (AvgIpc) is 0.813. The summed E-state index contributed by atoms with van der Waals surface area (Å²) in [5.74, 6) is -1.11. The number of carbonyl (C=O) groups is 7. The van der Waals surface area contributed by atoms with Crippen LogP contribution in [0.2, 0.25) is 0 Å². The smallest absolute Gasteiger partial charge is 0.417 e. The molecule has 0 aromatic rings. The topological polar surface area (TPSA) is 220 Å². The summed E-state index contributed by atoms with van der Waals surface area (Å²) in [7, 11) is 0. The number of imide groups is 1. The maximum atomic E-state index is 15.5. The zero-order valence-electron chi connectivity index (χ0n) is 66.4. The number of hydrogen-bond acceptors (Lipinski definition) is 13. The summed E-state index contributed by atoms with van der Waals surface area (Å²) in [6.45, 7) is 32.8. The van der Waals surface area contributed by atoms with Crippen molar-refractivity contribution in [3.8, 4) is 0 Å². The normalized spacial score (nSPS) is 12.4. The Morgan fingerprint density at radius 3 is 0.929 bits per heavy atom. The molecule has 0 rings (SSSR count). The van der Waals surface area contributed by atoms with E-state index >= 15 is 9.59 Å². The van der Waals surface area contributed by atoms with E-state index in [0.717, 1.165) is 56.3 Å². The zero-order chi connectivity index (χ0) is 73.9. The van der Waals surface area contributed by atoms with Crippen LogP contribution in [0.1, 0.15) is 368 Å². The van der Waals surface area contributed by atoms with Crippen LogP contribution in [0, 0.1) is 0 Å². The second-order valence-corrected chi connectivity index (χ2v) is 32.7. The number of carbonyl (C=O) groups excluding carboxylic acids is 7. The van der Waals surface area contributed by atoms with Gasteiger partial charge in [-0.2, -0.15) is 0 Å². The molecule has 0 aromatic carbocycles. The van der Waals surface area contributed by atoms with Gasteiger partial charge in [0.05, 0.1) is 0 Å². The van der Waals surface area contributed by atoms with Gasteiger partial charge in [-0.05, 0) is 168 Å². The molecule has 576 valence electrons. The number of nitrogens with one attached hydrogen (secondary N) is 1. The van der Waals surface area contributed by atoms with Gasteiger partial charge in [0.1, 0.15) is 40.6 Å². The molecule has 0 fully saturated rings. The van der Waals surface area contributed by atoms with Crippen LogP contribution in [0.4, 0.5) is 24.0 Å². The van der Waals surface area contributed by atoms with E-state index in [4.69, 9.17) is 29.4 Å². The quantitative estimate of drug-likeness (QED) is 0.0428. The summed E-state index contributed by atoms with van der Waals surface area (Å²) in [5, 5.41) is 2.74. The van der Waals surface area contributed by atoms with Crippen molar-refractivity contribution in [3.63, 3.8) is 0 Å². The Morgan fingerprint density at radius 2 is 0.592 bits per heavy atom. The number of unbranched alkanes of at least 4 members (excludes halogenated alkanes) is 32. The second-order valence-electron chi connectivity index (χ2n) is 32.7. The largest absolute Gasteiger partial charge is 0.444 e. The van der Waals surface area contributed by atoms with Crippen molar-refractivity contribution in [2.75, 3.05) is 65.4 Å². The molecule has 1 unspecified atom stereocenters. The first kappa shape index (κ1) is 93.5. The van der Waals surface area contributed by atoms with Crippen LogP contribution >= 0.6 is 0 Å². The molecule has 0 aliphatic heterocycles. The van der Waals surface area contributed by atoms with Crippen LogP contribution in [0.25, 0.3) is 0 Å². The van der Waals surface area contributed by atoms with E-state index in [2.05, 4.69) is 19.2 Å². The van der Waals surface area contributed by atoms with E-state index in [9.17, 15) is 24.0 Å². The highest BCUT2D eigenvalue weighted by Gasteiger charge is 2.41. The van der Waals surface area contributed by atoms with Gasteiger partial charge in [0.25, 0.3) is 5.91 Å². The molecule has 0 aliphatic carbocycles. The van der Waals surface area contributed by atoms with Gasteiger partial charge in [0, 0.05) is 52.4 Å². The number of alkyl carbamates (subject to hydrolysis) is 1. The molecule has 0 radical (unpaired) electrons. The first-order valence-electron chi connectivity index (χ1n) is 39.6. The number of nitrogens with zero attached hydrogens (tertiary/aromatic N) is 5. The van der Waals surface area contributed by atoms with Gasteiger partial charge < -0.3 is 49.4 Å². The number of rotatable bonds is 55. The average molecular weight is 1390 g/mol. The molecule has 98 heavy (non-hydrogen) atoms. The predicted octanol–water partition coefficient (Wildman–Crippen LogP) is 20.4. The number of ether oxygens (including phenoxy) is 5. The molecule has 0 spiro atoms. The highest BCUT2D eigenvalue weighted by molar-refractivity contribution is 5.99. The fourth-order valence-corrected chi connectivity index (χ4v) is 11.7. The maximum Gasteiger partial charge on any atom is 0.417 e. The van der Waals surface area contributed by atoms with Crippen LogP contribution in [-0.2, 0) is 33.3 Å². The molecular formula is C79H153N7O12. The van der Waals surface area contributed by atoms with E-state index in [1.54, 1.807) is 114 Å². The van der Waals surface area contributed by atoms with Crippen LogP contribution in [0.5, 0.6) is 0 Å². The van der Waals surface area contributed by atoms with Crippen molar-refractivity contribution < 1.29 is 57.2 Å². The van der Waals surface area contributed by atoms with Gasteiger partial charge in [0.2, 0.25) is 5.91 Å². The second kappa shape index (κ2) is 54.2. The summed E-state index contributed by atoms with van der Waals surface area (Å²) >= 11 is 0. The minimum absolute atomic E-state index is 0.0672. The van der Waals surface area contributed by atoms with E-state index in [0.29, 0.717) is 64.8 Å². The van der Waals surface area contributed by atoms with Crippen molar-refractivity contribution in [2.45, 2.75) is 402 Å². The first-order chi connectivity index (χ1) is 46.1. The van der Waals surface area contributed by atoms with Gasteiger partial charge in [-0.1, -0.05) is 206 Å². The Kier molecular flexibility index (Phi) is 51.7. The Bertz CT molecular complexity index is 2060. The third kappa shape index (κ3) is 54.2. The third-order valence-corrected chi connectivity index (χ3v) is 16.8. The lowest BCUT2D eigenvalue weighted by atomic mass is 10.0. The molecular weight excluding hydrogens is 1240 g/mol.